The molecule has 0 aromatic heterocycles. The molecule has 23 heavy (non-hydrogen) atoms. The molecule has 3 aliphatic carbocycles. The predicted molar refractivity (Wildman–Crippen MR) is 106 cm³/mol. The van der Waals surface area contributed by atoms with E-state index in [-0.39, 0.29) is 0 Å². The van der Waals surface area contributed by atoms with Gasteiger partial charge in [0.2, 0.25) is 0 Å². The zero-order valence-corrected chi connectivity index (χ0v) is 19.2. The van der Waals surface area contributed by atoms with Gasteiger partial charge in [0.05, 0.1) is 0 Å². The fourth-order valence-electron chi connectivity index (χ4n) is 5.82. The highest BCUT2D eigenvalue weighted by molar-refractivity contribution is 6.88. The molecule has 2 saturated carbocycles. The van der Waals surface area contributed by atoms with Gasteiger partial charge in [-0.1, -0.05) is 12.2 Å². The van der Waals surface area contributed by atoms with E-state index in [2.05, 4.69) is 58.0 Å². The minimum absolute atomic E-state index is 0.735. The lowest BCUT2D eigenvalue weighted by Crippen LogP contribution is -2.57. The van der Waals surface area contributed by atoms with Crippen LogP contribution in [0.2, 0.25) is 51.4 Å². The predicted octanol–water partition coefficient (Wildman–Crippen LogP) is 5.75. The zero-order valence-electron chi connectivity index (χ0n) is 16.2. The van der Waals surface area contributed by atoms with Gasteiger partial charge < -0.3 is 8.23 Å². The second-order valence-corrected chi connectivity index (χ2v) is 23.1. The van der Waals surface area contributed by atoms with Crippen molar-refractivity contribution < 1.29 is 8.23 Å². The Bertz CT molecular complexity index is 462. The molecule has 0 amide bonds. The highest BCUT2D eigenvalue weighted by atomic mass is 28.5. The van der Waals surface area contributed by atoms with Gasteiger partial charge in [-0.05, 0) is 95.2 Å². The number of allylic oxidation sites excluding steroid dienone is 2. The van der Waals surface area contributed by atoms with Crippen molar-refractivity contribution in [3.05, 3.63) is 12.2 Å². The number of rotatable bonds is 5. The summed E-state index contributed by atoms with van der Waals surface area (Å²) in [6.45, 7) is 16.5. The highest BCUT2D eigenvalue weighted by Gasteiger charge is 2.60. The molecule has 0 aliphatic heterocycles. The molecule has 5 unspecified atom stereocenters. The Hall–Kier alpha value is 0.311. The van der Waals surface area contributed by atoms with Crippen molar-refractivity contribution in [3.63, 3.8) is 0 Å². The molecule has 0 aromatic rings. The maximum absolute atomic E-state index is 6.89. The van der Waals surface area contributed by atoms with Gasteiger partial charge in [0.25, 0.3) is 0 Å². The summed E-state index contributed by atoms with van der Waals surface area (Å²) in [5, 5.41) is 0. The molecule has 2 bridgehead atoms. The molecule has 0 spiro atoms. The summed E-state index contributed by atoms with van der Waals surface area (Å²) in [4.78, 5) is 0. The Kier molecular flexibility index (Phi) is 4.68. The Morgan fingerprint density at radius 2 is 1.22 bits per heavy atom. The van der Waals surface area contributed by atoms with Gasteiger partial charge in [-0.15, -0.1) is 0 Å². The van der Waals surface area contributed by atoms with E-state index in [0.717, 1.165) is 29.2 Å². The average Bonchev–Trinajstić information content (AvgIpc) is 2.93. The van der Waals surface area contributed by atoms with Gasteiger partial charge in [0, 0.05) is 5.54 Å². The summed E-state index contributed by atoms with van der Waals surface area (Å²) in [7, 11) is -5.29. The topological polar surface area (TPSA) is 18.5 Å². The molecule has 5 atom stereocenters. The van der Waals surface area contributed by atoms with Gasteiger partial charge in [-0.2, -0.15) is 0 Å². The second kappa shape index (κ2) is 5.94. The van der Waals surface area contributed by atoms with Gasteiger partial charge >= 0.3 is 8.56 Å². The Morgan fingerprint density at radius 3 is 1.74 bits per heavy atom. The van der Waals surface area contributed by atoms with Crippen LogP contribution in [-0.2, 0) is 8.23 Å². The standard InChI is InChI=1S/C18H36O2Si3/c1-21(2,3)19-23(7,20-22(4,5)6)18-13-14-12-17(18)16-11-9-8-10-15(14)16/h8-9,14-18H,10-13H2,1-7H3. The first kappa shape index (κ1) is 18.1. The van der Waals surface area contributed by atoms with Crippen LogP contribution in [0.3, 0.4) is 0 Å². The van der Waals surface area contributed by atoms with Crippen molar-refractivity contribution in [3.8, 4) is 0 Å². The summed E-state index contributed by atoms with van der Waals surface area (Å²) < 4.78 is 13.8. The molecule has 0 aromatic carbocycles. The van der Waals surface area contributed by atoms with Crippen LogP contribution in [0.4, 0.5) is 0 Å². The molecule has 2 nitrogen and oxygen atoms in total. The van der Waals surface area contributed by atoms with E-state index >= 15 is 0 Å². The van der Waals surface area contributed by atoms with E-state index in [9.17, 15) is 0 Å². The third kappa shape index (κ3) is 3.79. The smallest absolute Gasteiger partial charge is 0.317 e. The van der Waals surface area contributed by atoms with E-state index in [1.807, 2.05) is 0 Å². The number of hydrogen-bond donors (Lipinski definition) is 0. The van der Waals surface area contributed by atoms with Crippen LogP contribution in [-0.4, -0.2) is 25.2 Å². The summed E-state index contributed by atoms with van der Waals surface area (Å²) in [6, 6.07) is 0. The van der Waals surface area contributed by atoms with Gasteiger partial charge in [-0.3, -0.25) is 0 Å². The van der Waals surface area contributed by atoms with Crippen molar-refractivity contribution in [1.82, 2.24) is 0 Å². The maximum Gasteiger partial charge on any atom is 0.317 e. The molecule has 132 valence electrons. The monoisotopic (exact) mass is 368 g/mol. The van der Waals surface area contributed by atoms with Crippen LogP contribution in [0.1, 0.15) is 25.7 Å². The Balaban J connectivity index is 1.85. The molecule has 3 aliphatic rings. The summed E-state index contributed by atoms with van der Waals surface area (Å²) in [5.74, 6) is 3.71. The second-order valence-electron chi connectivity index (χ2n) is 10.2. The van der Waals surface area contributed by atoms with Crippen LogP contribution in [0.5, 0.6) is 0 Å². The van der Waals surface area contributed by atoms with Crippen LogP contribution >= 0.6 is 0 Å². The number of fused-ring (bicyclic) bond motifs is 5. The van der Waals surface area contributed by atoms with E-state index in [1.54, 1.807) is 0 Å². The fourth-order valence-corrected chi connectivity index (χ4v) is 19.2. The average molecular weight is 369 g/mol. The quantitative estimate of drug-likeness (QED) is 0.454. The molecule has 3 rings (SSSR count). The zero-order chi connectivity index (χ0) is 17.0. The van der Waals surface area contributed by atoms with Crippen molar-refractivity contribution >= 4 is 25.2 Å². The van der Waals surface area contributed by atoms with Crippen molar-refractivity contribution in [2.75, 3.05) is 0 Å². The molecule has 0 saturated heterocycles. The minimum atomic E-state index is -2.12. The van der Waals surface area contributed by atoms with E-state index in [4.69, 9.17) is 8.23 Å². The largest absolute Gasteiger partial charge is 0.436 e. The molecule has 2 fully saturated rings. The summed E-state index contributed by atoms with van der Waals surface area (Å²) >= 11 is 0. The van der Waals surface area contributed by atoms with Gasteiger partial charge in [0.1, 0.15) is 0 Å². The molecular weight excluding hydrogens is 332 g/mol. The summed E-state index contributed by atoms with van der Waals surface area (Å²) in [6.07, 6.45) is 10.4. The Labute approximate surface area is 146 Å². The van der Waals surface area contributed by atoms with E-state index in [0.29, 0.717) is 0 Å². The minimum Gasteiger partial charge on any atom is -0.436 e. The molecule has 0 radical (unpaired) electrons. The van der Waals surface area contributed by atoms with Gasteiger partial charge in [0.15, 0.2) is 16.6 Å². The lowest BCUT2D eigenvalue weighted by Gasteiger charge is -2.47. The Morgan fingerprint density at radius 1 is 0.696 bits per heavy atom. The van der Waals surface area contributed by atoms with Crippen LogP contribution in [0.15, 0.2) is 12.2 Å². The normalized spacial score (nSPS) is 37.3. The molecule has 5 heteroatoms. The van der Waals surface area contributed by atoms with Crippen LogP contribution < -0.4 is 0 Å². The lowest BCUT2D eigenvalue weighted by molar-refractivity contribution is 0.193. The van der Waals surface area contributed by atoms with E-state index in [1.165, 1.54) is 25.7 Å². The maximum atomic E-state index is 6.89. The third-order valence-corrected chi connectivity index (χ3v) is 16.2. The highest BCUT2D eigenvalue weighted by Crippen LogP contribution is 2.63. The fraction of sp³-hybridized carbons (Fsp3) is 0.889. The third-order valence-electron chi connectivity index (χ3n) is 6.03. The molecular formula is C18H36O2Si3. The summed E-state index contributed by atoms with van der Waals surface area (Å²) in [5.41, 5.74) is 0.735. The number of hydrogen-bond acceptors (Lipinski definition) is 2. The SMILES string of the molecule is C[Si](C)(C)O[Si](C)(O[Si](C)(C)C)C1CC2CC1C1CC=CCC21. The van der Waals surface area contributed by atoms with Crippen molar-refractivity contribution in [1.29, 1.82) is 0 Å². The van der Waals surface area contributed by atoms with Crippen LogP contribution in [0.25, 0.3) is 0 Å². The molecule has 0 heterocycles. The molecule has 0 N–H and O–H groups in total. The van der Waals surface area contributed by atoms with Gasteiger partial charge in [-0.25, -0.2) is 0 Å². The van der Waals surface area contributed by atoms with Crippen molar-refractivity contribution in [2.45, 2.75) is 77.1 Å². The first-order valence-corrected chi connectivity index (χ1v) is 18.7. The van der Waals surface area contributed by atoms with Crippen molar-refractivity contribution in [2.24, 2.45) is 23.7 Å². The van der Waals surface area contributed by atoms with Crippen LogP contribution in [0, 0.1) is 23.7 Å². The first-order chi connectivity index (χ1) is 10.5. The lowest BCUT2D eigenvalue weighted by atomic mass is 9.73. The van der Waals surface area contributed by atoms with E-state index < -0.39 is 25.2 Å². The first-order valence-electron chi connectivity index (χ1n) is 9.54.